The molecule has 0 saturated carbocycles. The maximum atomic E-state index is 11.6. The van der Waals surface area contributed by atoms with Crippen LogP contribution in [0.5, 0.6) is 0 Å². The van der Waals surface area contributed by atoms with E-state index in [1.807, 2.05) is 28.8 Å². The fourth-order valence-electron chi connectivity index (χ4n) is 1.91. The van der Waals surface area contributed by atoms with E-state index >= 15 is 0 Å². The van der Waals surface area contributed by atoms with Crippen LogP contribution in [-0.2, 0) is 16.1 Å². The van der Waals surface area contributed by atoms with Gasteiger partial charge in [0.15, 0.2) is 0 Å². The van der Waals surface area contributed by atoms with Crippen molar-refractivity contribution < 1.29 is 9.53 Å². The van der Waals surface area contributed by atoms with E-state index in [-0.39, 0.29) is 12.5 Å². The van der Waals surface area contributed by atoms with Gasteiger partial charge in [-0.05, 0) is 18.6 Å². The highest BCUT2D eigenvalue weighted by Gasteiger charge is 2.11. The largest absolute Gasteiger partial charge is 0.375 e. The Bertz CT molecular complexity index is 548. The van der Waals surface area contributed by atoms with Crippen LogP contribution in [0.25, 0.3) is 11.0 Å². The molecule has 0 fully saturated rings. The topological polar surface area (TPSA) is 56.2 Å². The average Bonchev–Trinajstić information content (AvgIpc) is 2.68. The molecule has 1 heterocycles. The lowest BCUT2D eigenvalue weighted by molar-refractivity contribution is -0.119. The predicted octanol–water partition coefficient (Wildman–Crippen LogP) is 2.03. The van der Waals surface area contributed by atoms with Crippen molar-refractivity contribution in [2.24, 2.45) is 0 Å². The van der Waals surface area contributed by atoms with Gasteiger partial charge in [0, 0.05) is 13.7 Å². The maximum Gasteiger partial charge on any atom is 0.252 e. The molecular weight excluding hydrogens is 230 g/mol. The normalized spacial score (nSPS) is 10.8. The molecule has 2 aromatic rings. The number of nitrogens with zero attached hydrogens (tertiary/aromatic N) is 2. The summed E-state index contributed by atoms with van der Waals surface area (Å²) in [6.07, 6.45) is 0.980. The van der Waals surface area contributed by atoms with Crippen LogP contribution in [0, 0.1) is 0 Å². The summed E-state index contributed by atoms with van der Waals surface area (Å²) in [6.45, 7) is 2.95. The van der Waals surface area contributed by atoms with E-state index in [2.05, 4.69) is 17.2 Å². The van der Waals surface area contributed by atoms with E-state index in [1.165, 1.54) is 7.11 Å². The van der Waals surface area contributed by atoms with Crippen LogP contribution < -0.4 is 5.32 Å². The Balaban J connectivity index is 2.36. The van der Waals surface area contributed by atoms with Crippen LogP contribution in [-0.4, -0.2) is 29.2 Å². The van der Waals surface area contributed by atoms with E-state index in [0.29, 0.717) is 5.95 Å². The lowest BCUT2D eigenvalue weighted by Crippen LogP contribution is -2.20. The number of aromatic nitrogens is 2. The summed E-state index contributed by atoms with van der Waals surface area (Å²) in [4.78, 5) is 16.0. The number of rotatable bonds is 5. The number of methoxy groups -OCH3 is 1. The number of anilines is 1. The number of hydrogen-bond donors (Lipinski definition) is 1. The third-order valence-corrected chi connectivity index (χ3v) is 2.63. The van der Waals surface area contributed by atoms with Gasteiger partial charge in [0.05, 0.1) is 11.0 Å². The van der Waals surface area contributed by atoms with Gasteiger partial charge < -0.3 is 9.30 Å². The van der Waals surface area contributed by atoms with Crippen LogP contribution in [0.3, 0.4) is 0 Å². The number of para-hydroxylation sites is 2. The van der Waals surface area contributed by atoms with Gasteiger partial charge in [-0.15, -0.1) is 0 Å². The zero-order valence-electron chi connectivity index (χ0n) is 10.6. The second-order valence-corrected chi connectivity index (χ2v) is 4.06. The molecule has 0 aliphatic carbocycles. The Kier molecular flexibility index (Phi) is 3.94. The summed E-state index contributed by atoms with van der Waals surface area (Å²) >= 11 is 0. The van der Waals surface area contributed by atoms with Gasteiger partial charge in [-0.25, -0.2) is 4.98 Å². The summed E-state index contributed by atoms with van der Waals surface area (Å²) in [6, 6.07) is 7.85. The van der Waals surface area contributed by atoms with Crippen molar-refractivity contribution in [1.82, 2.24) is 9.55 Å². The Hall–Kier alpha value is -1.88. The Labute approximate surface area is 106 Å². The molecule has 2 rings (SSSR count). The van der Waals surface area contributed by atoms with Gasteiger partial charge in [-0.2, -0.15) is 0 Å². The molecule has 5 heteroatoms. The predicted molar refractivity (Wildman–Crippen MR) is 70.5 cm³/mol. The molecule has 1 aromatic heterocycles. The van der Waals surface area contributed by atoms with Gasteiger partial charge >= 0.3 is 0 Å². The van der Waals surface area contributed by atoms with Crippen molar-refractivity contribution in [3.63, 3.8) is 0 Å². The number of amides is 1. The molecule has 1 amide bonds. The number of hydrogen-bond acceptors (Lipinski definition) is 3. The highest BCUT2D eigenvalue weighted by molar-refractivity contribution is 5.92. The summed E-state index contributed by atoms with van der Waals surface area (Å²) in [5.74, 6) is 0.394. The third-order valence-electron chi connectivity index (χ3n) is 2.63. The van der Waals surface area contributed by atoms with E-state index in [9.17, 15) is 4.79 Å². The van der Waals surface area contributed by atoms with E-state index < -0.39 is 0 Å². The summed E-state index contributed by atoms with van der Waals surface area (Å²) in [5, 5.41) is 2.77. The van der Waals surface area contributed by atoms with E-state index in [0.717, 1.165) is 24.0 Å². The monoisotopic (exact) mass is 247 g/mol. The Morgan fingerprint density at radius 3 is 2.94 bits per heavy atom. The maximum absolute atomic E-state index is 11.6. The van der Waals surface area contributed by atoms with E-state index in [4.69, 9.17) is 4.74 Å². The number of benzene rings is 1. The molecule has 0 atom stereocenters. The van der Waals surface area contributed by atoms with Gasteiger partial charge in [-0.1, -0.05) is 19.1 Å². The molecule has 0 aliphatic rings. The van der Waals surface area contributed by atoms with Gasteiger partial charge in [0.2, 0.25) is 5.95 Å². The molecule has 1 N–H and O–H groups in total. The SMILES string of the molecule is CCCn1c(NC(=O)COC)nc2ccccc21. The number of nitrogens with one attached hydrogen (secondary N) is 1. The molecule has 0 unspecified atom stereocenters. The molecule has 0 radical (unpaired) electrons. The lowest BCUT2D eigenvalue weighted by atomic mass is 10.3. The Morgan fingerprint density at radius 1 is 1.44 bits per heavy atom. The first kappa shape index (κ1) is 12.6. The lowest BCUT2D eigenvalue weighted by Gasteiger charge is -2.08. The molecule has 96 valence electrons. The van der Waals surface area contributed by atoms with Crippen molar-refractivity contribution in [3.05, 3.63) is 24.3 Å². The first-order valence-corrected chi connectivity index (χ1v) is 6.00. The van der Waals surface area contributed by atoms with Crippen LogP contribution in [0.15, 0.2) is 24.3 Å². The number of carbonyl (C=O) groups is 1. The van der Waals surface area contributed by atoms with Crippen molar-refractivity contribution in [2.45, 2.75) is 19.9 Å². The first-order valence-electron chi connectivity index (χ1n) is 6.00. The number of imidazole rings is 1. The fourth-order valence-corrected chi connectivity index (χ4v) is 1.91. The molecule has 0 aliphatic heterocycles. The van der Waals surface area contributed by atoms with Crippen molar-refractivity contribution in [2.75, 3.05) is 19.0 Å². The average molecular weight is 247 g/mol. The molecule has 18 heavy (non-hydrogen) atoms. The van der Waals surface area contributed by atoms with Crippen molar-refractivity contribution in [1.29, 1.82) is 0 Å². The fraction of sp³-hybridized carbons (Fsp3) is 0.385. The molecule has 0 spiro atoms. The van der Waals surface area contributed by atoms with Crippen LogP contribution in [0.2, 0.25) is 0 Å². The minimum atomic E-state index is -0.190. The van der Waals surface area contributed by atoms with Crippen molar-refractivity contribution in [3.8, 4) is 0 Å². The van der Waals surface area contributed by atoms with Gasteiger partial charge in [0.25, 0.3) is 5.91 Å². The smallest absolute Gasteiger partial charge is 0.252 e. The molecule has 0 saturated heterocycles. The zero-order valence-corrected chi connectivity index (χ0v) is 10.6. The van der Waals surface area contributed by atoms with Crippen molar-refractivity contribution >= 4 is 22.9 Å². The summed E-state index contributed by atoms with van der Waals surface area (Å²) < 4.78 is 6.82. The van der Waals surface area contributed by atoms with Crippen LogP contribution in [0.1, 0.15) is 13.3 Å². The highest BCUT2D eigenvalue weighted by Crippen LogP contribution is 2.19. The van der Waals surface area contributed by atoms with Crippen LogP contribution >= 0.6 is 0 Å². The van der Waals surface area contributed by atoms with E-state index in [1.54, 1.807) is 0 Å². The number of aryl methyl sites for hydroxylation is 1. The molecule has 5 nitrogen and oxygen atoms in total. The quantitative estimate of drug-likeness (QED) is 0.879. The zero-order chi connectivity index (χ0) is 13.0. The first-order chi connectivity index (χ1) is 8.76. The minimum Gasteiger partial charge on any atom is -0.375 e. The van der Waals surface area contributed by atoms with Gasteiger partial charge in [-0.3, -0.25) is 10.1 Å². The number of ether oxygens (including phenoxy) is 1. The van der Waals surface area contributed by atoms with Crippen LogP contribution in [0.4, 0.5) is 5.95 Å². The Morgan fingerprint density at radius 2 is 2.22 bits per heavy atom. The summed E-state index contributed by atoms with van der Waals surface area (Å²) in [5.41, 5.74) is 1.92. The molecular formula is C13H17N3O2. The highest BCUT2D eigenvalue weighted by atomic mass is 16.5. The molecule has 0 bridgehead atoms. The second-order valence-electron chi connectivity index (χ2n) is 4.06. The number of carbonyl (C=O) groups excluding carboxylic acids is 1. The van der Waals surface area contributed by atoms with Gasteiger partial charge in [0.1, 0.15) is 6.61 Å². The molecule has 1 aromatic carbocycles. The standard InChI is InChI=1S/C13H17N3O2/c1-3-8-16-11-7-5-4-6-10(11)14-13(16)15-12(17)9-18-2/h4-7H,3,8-9H2,1-2H3,(H,14,15,17). The summed E-state index contributed by atoms with van der Waals surface area (Å²) in [7, 11) is 1.49. The minimum absolute atomic E-state index is 0.0370. The number of fused-ring (bicyclic) bond motifs is 1. The second kappa shape index (κ2) is 5.64. The third kappa shape index (κ3) is 2.51.